The summed E-state index contributed by atoms with van der Waals surface area (Å²) in [6.07, 6.45) is -0.314. The SMILES string of the molecule is CCOC(=O)N1CCN(C(=O)C2CN(C(C)=O)C2)CC1. The largest absolute Gasteiger partial charge is 0.450 e. The maximum absolute atomic E-state index is 12.2. The van der Waals surface area contributed by atoms with Gasteiger partial charge in [-0.15, -0.1) is 0 Å². The van der Waals surface area contributed by atoms with Crippen molar-refractivity contribution in [2.75, 3.05) is 45.9 Å². The molecule has 0 unspecified atom stereocenters. The summed E-state index contributed by atoms with van der Waals surface area (Å²) >= 11 is 0. The lowest BCUT2D eigenvalue weighted by molar-refractivity contribution is -0.148. The van der Waals surface area contributed by atoms with Crippen molar-refractivity contribution in [3.8, 4) is 0 Å². The first-order valence-corrected chi connectivity index (χ1v) is 6.99. The van der Waals surface area contributed by atoms with Gasteiger partial charge in [0.25, 0.3) is 0 Å². The fourth-order valence-corrected chi connectivity index (χ4v) is 2.47. The third-order valence-corrected chi connectivity index (χ3v) is 3.79. The lowest BCUT2D eigenvalue weighted by Crippen LogP contribution is -2.59. The molecule has 0 atom stereocenters. The van der Waals surface area contributed by atoms with Gasteiger partial charge in [0, 0.05) is 46.2 Å². The summed E-state index contributed by atoms with van der Waals surface area (Å²) in [6.45, 7) is 6.77. The summed E-state index contributed by atoms with van der Waals surface area (Å²) in [7, 11) is 0. The molecule has 20 heavy (non-hydrogen) atoms. The van der Waals surface area contributed by atoms with Gasteiger partial charge in [-0.1, -0.05) is 0 Å². The molecular weight excluding hydrogens is 262 g/mol. The molecule has 0 aromatic rings. The lowest BCUT2D eigenvalue weighted by atomic mass is 9.98. The zero-order valence-electron chi connectivity index (χ0n) is 12.0. The molecular formula is C13H21N3O4. The first-order chi connectivity index (χ1) is 9.52. The number of likely N-dealkylation sites (tertiary alicyclic amines) is 1. The van der Waals surface area contributed by atoms with E-state index in [4.69, 9.17) is 4.74 Å². The Bertz CT molecular complexity index is 398. The van der Waals surface area contributed by atoms with Crippen LogP contribution in [-0.2, 0) is 14.3 Å². The van der Waals surface area contributed by atoms with Gasteiger partial charge < -0.3 is 19.4 Å². The average molecular weight is 283 g/mol. The number of rotatable bonds is 2. The minimum atomic E-state index is -0.314. The normalized spacial score (nSPS) is 19.6. The second-order valence-corrected chi connectivity index (χ2v) is 5.13. The van der Waals surface area contributed by atoms with E-state index in [0.29, 0.717) is 45.9 Å². The molecule has 2 saturated heterocycles. The van der Waals surface area contributed by atoms with E-state index in [9.17, 15) is 14.4 Å². The number of nitrogens with zero attached hydrogens (tertiary/aromatic N) is 3. The highest BCUT2D eigenvalue weighted by Crippen LogP contribution is 2.19. The quantitative estimate of drug-likeness (QED) is 0.701. The van der Waals surface area contributed by atoms with Crippen LogP contribution < -0.4 is 0 Å². The van der Waals surface area contributed by atoms with Crippen molar-refractivity contribution in [3.05, 3.63) is 0 Å². The molecule has 0 radical (unpaired) electrons. The smallest absolute Gasteiger partial charge is 0.409 e. The van der Waals surface area contributed by atoms with Crippen LogP contribution in [0, 0.1) is 5.92 Å². The van der Waals surface area contributed by atoms with E-state index in [1.54, 1.807) is 21.6 Å². The van der Waals surface area contributed by atoms with Gasteiger partial charge in [0.05, 0.1) is 12.5 Å². The van der Waals surface area contributed by atoms with Gasteiger partial charge in [0.1, 0.15) is 0 Å². The van der Waals surface area contributed by atoms with Crippen LogP contribution in [0.1, 0.15) is 13.8 Å². The predicted octanol–water partition coefficient (Wildman–Crippen LogP) is -0.235. The summed E-state index contributed by atoms with van der Waals surface area (Å²) in [6, 6.07) is 0. The van der Waals surface area contributed by atoms with Gasteiger partial charge in [-0.25, -0.2) is 4.79 Å². The van der Waals surface area contributed by atoms with Crippen molar-refractivity contribution in [1.82, 2.24) is 14.7 Å². The summed E-state index contributed by atoms with van der Waals surface area (Å²) < 4.78 is 4.94. The topological polar surface area (TPSA) is 70.2 Å². The molecule has 2 fully saturated rings. The molecule has 112 valence electrons. The number of amides is 3. The van der Waals surface area contributed by atoms with Crippen LogP contribution in [0.4, 0.5) is 4.79 Å². The molecule has 7 heteroatoms. The molecule has 0 bridgehead atoms. The summed E-state index contributed by atoms with van der Waals surface area (Å²) in [4.78, 5) is 39.9. The van der Waals surface area contributed by atoms with Crippen LogP contribution in [0.25, 0.3) is 0 Å². The van der Waals surface area contributed by atoms with Crippen molar-refractivity contribution in [2.45, 2.75) is 13.8 Å². The third kappa shape index (κ3) is 3.02. The van der Waals surface area contributed by atoms with E-state index >= 15 is 0 Å². The maximum atomic E-state index is 12.2. The monoisotopic (exact) mass is 283 g/mol. The summed E-state index contributed by atoms with van der Waals surface area (Å²) in [5.41, 5.74) is 0. The van der Waals surface area contributed by atoms with E-state index in [2.05, 4.69) is 0 Å². The maximum Gasteiger partial charge on any atom is 0.409 e. The van der Waals surface area contributed by atoms with Crippen LogP contribution in [0.2, 0.25) is 0 Å². The Balaban J connectivity index is 1.75. The van der Waals surface area contributed by atoms with Gasteiger partial charge in [-0.05, 0) is 6.92 Å². The third-order valence-electron chi connectivity index (χ3n) is 3.79. The standard InChI is InChI=1S/C13H21N3O4/c1-3-20-13(19)15-6-4-14(5-7-15)12(18)11-8-16(9-11)10(2)17/h11H,3-9H2,1-2H3. The molecule has 0 spiro atoms. The number of carbonyl (C=O) groups excluding carboxylic acids is 3. The van der Waals surface area contributed by atoms with Gasteiger partial charge in [0.2, 0.25) is 11.8 Å². The van der Waals surface area contributed by atoms with Crippen LogP contribution in [0.3, 0.4) is 0 Å². The van der Waals surface area contributed by atoms with Crippen LogP contribution in [0.5, 0.6) is 0 Å². The van der Waals surface area contributed by atoms with Gasteiger partial charge in [0.15, 0.2) is 0 Å². The molecule has 0 saturated carbocycles. The van der Waals surface area contributed by atoms with Crippen LogP contribution in [-0.4, -0.2) is 78.5 Å². The highest BCUT2D eigenvalue weighted by Gasteiger charge is 2.37. The molecule has 0 aromatic heterocycles. The molecule has 0 aliphatic carbocycles. The minimum Gasteiger partial charge on any atom is -0.450 e. The molecule has 0 N–H and O–H groups in total. The number of hydrogen-bond donors (Lipinski definition) is 0. The van der Waals surface area contributed by atoms with Crippen LogP contribution in [0.15, 0.2) is 0 Å². The highest BCUT2D eigenvalue weighted by atomic mass is 16.6. The van der Waals surface area contributed by atoms with E-state index in [1.807, 2.05) is 0 Å². The highest BCUT2D eigenvalue weighted by molar-refractivity contribution is 5.84. The van der Waals surface area contributed by atoms with E-state index in [0.717, 1.165) is 0 Å². The van der Waals surface area contributed by atoms with E-state index < -0.39 is 0 Å². The predicted molar refractivity (Wildman–Crippen MR) is 70.9 cm³/mol. The zero-order chi connectivity index (χ0) is 14.7. The van der Waals surface area contributed by atoms with E-state index in [-0.39, 0.29) is 23.8 Å². The Morgan fingerprint density at radius 1 is 1.00 bits per heavy atom. The molecule has 2 aliphatic heterocycles. The van der Waals surface area contributed by atoms with E-state index in [1.165, 1.54) is 6.92 Å². The fraction of sp³-hybridized carbons (Fsp3) is 0.769. The molecule has 0 aromatic carbocycles. The van der Waals surface area contributed by atoms with Gasteiger partial charge in [-0.3, -0.25) is 9.59 Å². The van der Waals surface area contributed by atoms with Crippen molar-refractivity contribution >= 4 is 17.9 Å². The first kappa shape index (κ1) is 14.6. The Kier molecular flexibility index (Phi) is 4.46. The number of hydrogen-bond acceptors (Lipinski definition) is 4. The molecule has 2 heterocycles. The Morgan fingerprint density at radius 3 is 2.05 bits per heavy atom. The molecule has 7 nitrogen and oxygen atoms in total. The molecule has 2 rings (SSSR count). The first-order valence-electron chi connectivity index (χ1n) is 6.99. The second-order valence-electron chi connectivity index (χ2n) is 5.13. The van der Waals surface area contributed by atoms with Crippen molar-refractivity contribution in [1.29, 1.82) is 0 Å². The summed E-state index contributed by atoms with van der Waals surface area (Å²) in [5.74, 6) is 0.0280. The fourth-order valence-electron chi connectivity index (χ4n) is 2.47. The Hall–Kier alpha value is -1.79. The van der Waals surface area contributed by atoms with Gasteiger partial charge in [-0.2, -0.15) is 0 Å². The van der Waals surface area contributed by atoms with Crippen molar-refractivity contribution in [3.63, 3.8) is 0 Å². The number of carbonyl (C=O) groups is 3. The average Bonchev–Trinajstić information content (AvgIpc) is 2.37. The molecule has 2 aliphatic rings. The summed E-state index contributed by atoms with van der Waals surface area (Å²) in [5, 5.41) is 0. The number of ether oxygens (including phenoxy) is 1. The lowest BCUT2D eigenvalue weighted by Gasteiger charge is -2.42. The van der Waals surface area contributed by atoms with Crippen molar-refractivity contribution < 1.29 is 19.1 Å². The minimum absolute atomic E-state index is 0.0150. The van der Waals surface area contributed by atoms with Gasteiger partial charge >= 0.3 is 6.09 Å². The zero-order valence-corrected chi connectivity index (χ0v) is 12.0. The number of piperazine rings is 1. The second kappa shape index (κ2) is 6.11. The Labute approximate surface area is 118 Å². The molecule has 3 amide bonds. The Morgan fingerprint density at radius 2 is 1.55 bits per heavy atom. The van der Waals surface area contributed by atoms with Crippen LogP contribution >= 0.6 is 0 Å². The van der Waals surface area contributed by atoms with Crippen molar-refractivity contribution in [2.24, 2.45) is 5.92 Å².